The molecule has 0 saturated carbocycles. The summed E-state index contributed by atoms with van der Waals surface area (Å²) in [5.41, 5.74) is -2.43. The summed E-state index contributed by atoms with van der Waals surface area (Å²) in [4.78, 5) is 14.2. The first-order valence-corrected chi connectivity index (χ1v) is 7.67. The molecule has 0 amide bonds. The first-order valence-electron chi connectivity index (χ1n) is 7.67. The molecule has 0 radical (unpaired) electrons. The lowest BCUT2D eigenvalue weighted by atomic mass is 9.95. The second kappa shape index (κ2) is 7.46. The van der Waals surface area contributed by atoms with Crippen molar-refractivity contribution in [3.05, 3.63) is 77.0 Å². The van der Waals surface area contributed by atoms with E-state index in [1.165, 1.54) is 23.2 Å². The number of hydrogen-bond acceptors (Lipinski definition) is 2. The lowest BCUT2D eigenvalue weighted by Crippen LogP contribution is -2.12. The van der Waals surface area contributed by atoms with E-state index in [9.17, 15) is 31.1 Å². The molecule has 144 valence electrons. The van der Waals surface area contributed by atoms with E-state index in [-0.39, 0.29) is 16.7 Å². The Balaban J connectivity index is 2.55. The largest absolute Gasteiger partial charge is 0.416 e. The first kappa shape index (κ1) is 20.5. The SMILES string of the molecule is CN(C)C=C(C(=O)c1cccc(C(F)(F)F)c1)c1cccc(C(F)(F)F)c1. The maximum atomic E-state index is 13.0. The lowest BCUT2D eigenvalue weighted by Gasteiger charge is -2.15. The predicted molar refractivity (Wildman–Crippen MR) is 88.9 cm³/mol. The maximum Gasteiger partial charge on any atom is 0.416 e. The molecule has 0 saturated heterocycles. The van der Waals surface area contributed by atoms with E-state index < -0.39 is 29.3 Å². The molecule has 0 atom stereocenters. The highest BCUT2D eigenvalue weighted by atomic mass is 19.4. The standard InChI is InChI=1S/C19H15F6NO/c1-26(2)11-16(12-5-3-7-14(9-12)18(20,21)22)17(27)13-6-4-8-15(10-13)19(23,24)25/h3-11H,1-2H3. The molecule has 0 unspecified atom stereocenters. The van der Waals surface area contributed by atoms with Crippen molar-refractivity contribution in [1.82, 2.24) is 4.90 Å². The van der Waals surface area contributed by atoms with Gasteiger partial charge in [-0.25, -0.2) is 0 Å². The van der Waals surface area contributed by atoms with Crippen molar-refractivity contribution in [2.24, 2.45) is 0 Å². The zero-order valence-corrected chi connectivity index (χ0v) is 14.3. The molecule has 2 aromatic rings. The average molecular weight is 387 g/mol. The van der Waals surface area contributed by atoms with Crippen LogP contribution >= 0.6 is 0 Å². The van der Waals surface area contributed by atoms with Gasteiger partial charge in [0.25, 0.3) is 0 Å². The summed E-state index contributed by atoms with van der Waals surface area (Å²) >= 11 is 0. The van der Waals surface area contributed by atoms with Crippen molar-refractivity contribution in [3.8, 4) is 0 Å². The van der Waals surface area contributed by atoms with E-state index in [1.807, 2.05) is 0 Å². The van der Waals surface area contributed by atoms with E-state index in [1.54, 1.807) is 14.1 Å². The van der Waals surface area contributed by atoms with E-state index in [0.717, 1.165) is 30.3 Å². The van der Waals surface area contributed by atoms with Crippen LogP contribution in [0.2, 0.25) is 0 Å². The summed E-state index contributed by atoms with van der Waals surface area (Å²) in [6.07, 6.45) is -7.98. The lowest BCUT2D eigenvalue weighted by molar-refractivity contribution is -0.138. The van der Waals surface area contributed by atoms with E-state index in [4.69, 9.17) is 0 Å². The molecule has 2 aromatic carbocycles. The third kappa shape index (κ3) is 5.12. The number of carbonyl (C=O) groups is 1. The fraction of sp³-hybridized carbons (Fsp3) is 0.211. The van der Waals surface area contributed by atoms with Gasteiger partial charge in [0.05, 0.1) is 11.1 Å². The van der Waals surface area contributed by atoms with Crippen LogP contribution < -0.4 is 0 Å². The Labute approximate surface area is 151 Å². The fourth-order valence-corrected chi connectivity index (χ4v) is 2.38. The Morgan fingerprint density at radius 1 is 0.815 bits per heavy atom. The van der Waals surface area contributed by atoms with Crippen LogP contribution in [0, 0.1) is 0 Å². The molecule has 2 nitrogen and oxygen atoms in total. The zero-order chi connectivity index (χ0) is 20.4. The minimum absolute atomic E-state index is 0.0408. The van der Waals surface area contributed by atoms with Crippen LogP contribution in [-0.4, -0.2) is 24.8 Å². The van der Waals surface area contributed by atoms with Crippen molar-refractivity contribution in [2.75, 3.05) is 14.1 Å². The fourth-order valence-electron chi connectivity index (χ4n) is 2.38. The van der Waals surface area contributed by atoms with Gasteiger partial charge in [-0.3, -0.25) is 4.79 Å². The molecule has 0 aromatic heterocycles. The highest BCUT2D eigenvalue weighted by Crippen LogP contribution is 2.33. The minimum Gasteiger partial charge on any atom is -0.383 e. The van der Waals surface area contributed by atoms with Crippen LogP contribution in [-0.2, 0) is 12.4 Å². The first-order chi connectivity index (χ1) is 12.4. The molecule has 0 aliphatic heterocycles. The topological polar surface area (TPSA) is 20.3 Å². The molecular weight excluding hydrogens is 372 g/mol. The molecule has 0 N–H and O–H groups in total. The van der Waals surface area contributed by atoms with Gasteiger partial charge in [0.2, 0.25) is 0 Å². The second-order valence-corrected chi connectivity index (χ2v) is 5.99. The highest BCUT2D eigenvalue weighted by molar-refractivity contribution is 6.28. The second-order valence-electron chi connectivity index (χ2n) is 5.99. The van der Waals surface area contributed by atoms with Crippen molar-refractivity contribution in [1.29, 1.82) is 0 Å². The van der Waals surface area contributed by atoms with Crippen LogP contribution in [0.3, 0.4) is 0 Å². The number of ketones is 1. The van der Waals surface area contributed by atoms with Crippen LogP contribution in [0.1, 0.15) is 27.0 Å². The van der Waals surface area contributed by atoms with Crippen LogP contribution in [0.15, 0.2) is 54.7 Å². The Kier molecular flexibility index (Phi) is 5.67. The van der Waals surface area contributed by atoms with Crippen molar-refractivity contribution in [2.45, 2.75) is 12.4 Å². The number of carbonyl (C=O) groups excluding carboxylic acids is 1. The normalized spacial score (nSPS) is 12.8. The Bertz CT molecular complexity index is 865. The third-order valence-electron chi connectivity index (χ3n) is 3.58. The number of alkyl halides is 6. The monoisotopic (exact) mass is 387 g/mol. The molecule has 2 rings (SSSR count). The van der Waals surface area contributed by atoms with Gasteiger partial charge in [0, 0.05) is 31.4 Å². The molecule has 27 heavy (non-hydrogen) atoms. The quantitative estimate of drug-likeness (QED) is 0.392. The molecule has 0 fully saturated rings. The van der Waals surface area contributed by atoms with Gasteiger partial charge in [-0.05, 0) is 29.8 Å². The summed E-state index contributed by atoms with van der Waals surface area (Å²) < 4.78 is 77.6. The highest BCUT2D eigenvalue weighted by Gasteiger charge is 2.32. The smallest absolute Gasteiger partial charge is 0.383 e. The number of allylic oxidation sites excluding steroid dienone is 1. The number of Topliss-reactive ketones (excluding diaryl/α,β-unsaturated/α-hetero) is 1. The number of rotatable bonds is 4. The van der Waals surface area contributed by atoms with Gasteiger partial charge in [-0.1, -0.05) is 24.3 Å². The maximum absolute atomic E-state index is 13.0. The summed E-state index contributed by atoms with van der Waals surface area (Å²) in [6, 6.07) is 7.85. The van der Waals surface area contributed by atoms with Gasteiger partial charge in [-0.15, -0.1) is 0 Å². The van der Waals surface area contributed by atoms with Crippen molar-refractivity contribution < 1.29 is 31.1 Å². The molecule has 0 spiro atoms. The Morgan fingerprint density at radius 3 is 1.70 bits per heavy atom. The van der Waals surface area contributed by atoms with Gasteiger partial charge < -0.3 is 4.90 Å². The zero-order valence-electron chi connectivity index (χ0n) is 14.3. The molecule has 0 aliphatic carbocycles. The number of halogens is 6. The number of benzene rings is 2. The number of hydrogen-bond donors (Lipinski definition) is 0. The molecular formula is C19H15F6NO. The summed E-state index contributed by atoms with van der Waals surface area (Å²) in [7, 11) is 3.10. The van der Waals surface area contributed by atoms with E-state index in [0.29, 0.717) is 6.07 Å². The predicted octanol–water partition coefficient (Wildman–Crippen LogP) is 5.51. The summed E-state index contributed by atoms with van der Waals surface area (Å²) in [5.74, 6) is -0.811. The van der Waals surface area contributed by atoms with Gasteiger partial charge in [0.1, 0.15) is 0 Å². The van der Waals surface area contributed by atoms with Gasteiger partial charge in [-0.2, -0.15) is 26.3 Å². The van der Waals surface area contributed by atoms with Crippen molar-refractivity contribution in [3.63, 3.8) is 0 Å². The van der Waals surface area contributed by atoms with Crippen LogP contribution in [0.5, 0.6) is 0 Å². The van der Waals surface area contributed by atoms with Gasteiger partial charge >= 0.3 is 12.4 Å². The minimum atomic E-state index is -4.64. The number of nitrogens with zero attached hydrogens (tertiary/aromatic N) is 1. The van der Waals surface area contributed by atoms with Crippen molar-refractivity contribution >= 4 is 11.4 Å². The summed E-state index contributed by atoms with van der Waals surface area (Å²) in [5, 5.41) is 0. The molecule has 0 aliphatic rings. The summed E-state index contributed by atoms with van der Waals surface area (Å²) in [6.45, 7) is 0. The average Bonchev–Trinajstić information content (AvgIpc) is 2.57. The Hall–Kier alpha value is -2.77. The Morgan fingerprint density at radius 2 is 1.26 bits per heavy atom. The third-order valence-corrected chi connectivity index (χ3v) is 3.58. The van der Waals surface area contributed by atoms with Crippen LogP contribution in [0.25, 0.3) is 5.57 Å². The molecule has 8 heteroatoms. The molecule has 0 heterocycles. The van der Waals surface area contributed by atoms with E-state index >= 15 is 0 Å². The van der Waals surface area contributed by atoms with Crippen LogP contribution in [0.4, 0.5) is 26.3 Å². The molecule has 0 bridgehead atoms. The van der Waals surface area contributed by atoms with Gasteiger partial charge in [0.15, 0.2) is 5.78 Å². The van der Waals surface area contributed by atoms with E-state index in [2.05, 4.69) is 0 Å².